The number of hydrogen-bond donors (Lipinski definition) is 2. The van der Waals surface area contributed by atoms with Crippen molar-refractivity contribution in [3.05, 3.63) is 110 Å². The minimum absolute atomic E-state index is 0.00683. The second-order valence-corrected chi connectivity index (χ2v) is 15.5. The number of carbonyl (C=O) groups excluding carboxylic acids is 1. The van der Waals surface area contributed by atoms with Crippen LogP contribution in [0.15, 0.2) is 57.7 Å². The van der Waals surface area contributed by atoms with Crippen molar-refractivity contribution in [3.8, 4) is 27.6 Å². The van der Waals surface area contributed by atoms with Gasteiger partial charge in [-0.2, -0.15) is 0 Å². The normalized spacial score (nSPS) is 22.2. The lowest BCUT2D eigenvalue weighted by molar-refractivity contribution is 0.0637. The average Bonchev–Trinajstić information content (AvgIpc) is 3.97. The minimum Gasteiger partial charge on any atom is -0.493 e. The van der Waals surface area contributed by atoms with Crippen LogP contribution in [0.1, 0.15) is 63.0 Å². The predicted molar refractivity (Wildman–Crippen MR) is 191 cm³/mol. The van der Waals surface area contributed by atoms with Crippen LogP contribution >= 0.6 is 11.3 Å². The van der Waals surface area contributed by atoms with Crippen LogP contribution in [0.3, 0.4) is 0 Å². The molecule has 4 aromatic heterocycles. The van der Waals surface area contributed by atoms with Crippen LogP contribution in [0.5, 0.6) is 5.75 Å². The molecule has 3 fully saturated rings. The lowest BCUT2D eigenvalue weighted by Gasteiger charge is -2.37. The van der Waals surface area contributed by atoms with Gasteiger partial charge in [-0.15, -0.1) is 16.4 Å². The quantitative estimate of drug-likeness (QED) is 0.168. The molecule has 0 radical (unpaired) electrons. The lowest BCUT2D eigenvalue weighted by Crippen LogP contribution is -2.40. The first kappa shape index (κ1) is 32.2. The van der Waals surface area contributed by atoms with Crippen LogP contribution in [0.25, 0.3) is 32.0 Å². The smallest absolute Gasteiger partial charge is 0.434 e. The zero-order valence-corrected chi connectivity index (χ0v) is 29.4. The van der Waals surface area contributed by atoms with Crippen LogP contribution in [0.2, 0.25) is 0 Å². The number of ether oxygens (including phenoxy) is 1. The first-order valence-electron chi connectivity index (χ1n) is 17.5. The number of amides is 1. The standard InChI is InChI=1S/C39H31F3N6O4S/c1-17-11-20-12-27(53-33(20)35(43-17)45-31-22-8-9-24(41)32(51-2)23(22)13-25(31)42)29-28(36-46-47-38(50)52-36)26(10-5-18-3-6-21(40)7-4-18)44-34-30(29)37(49)48-16-19-14-39(34,48)15-19/h3-4,6-9,11-12,19,25,31H,5,10,13-16H2,1-2H3,(H,43,45)(H,47,50)/t19?,25-,31-,39?/m0/s1. The number of aromatic nitrogens is 4. The first-order valence-corrected chi connectivity index (χ1v) is 18.3. The SMILES string of the molecule is COc1c(F)ccc2c1C[C@H](F)[C@H]2Nc1nc(C)cc2cc(-c3c4c(nc(CCc5ccc(F)cc5)c3-c3n[nH]c(=O)o3)C35CC(CN3C4=O)C5)sc12. The highest BCUT2D eigenvalue weighted by Gasteiger charge is 2.65. The molecule has 10 nitrogen and oxygen atoms in total. The number of nitrogens with one attached hydrogen (secondary N) is 2. The average molecular weight is 737 g/mol. The summed E-state index contributed by atoms with van der Waals surface area (Å²) in [6.07, 6.45) is 1.19. The van der Waals surface area contributed by atoms with E-state index in [0.717, 1.165) is 34.2 Å². The van der Waals surface area contributed by atoms with Gasteiger partial charge in [0.15, 0.2) is 11.6 Å². The fraction of sp³-hybridized carbons (Fsp3) is 0.308. The molecular weight excluding hydrogens is 706 g/mol. The topological polar surface area (TPSA) is 126 Å². The lowest BCUT2D eigenvalue weighted by atomic mass is 9.71. The van der Waals surface area contributed by atoms with E-state index in [-0.39, 0.29) is 29.8 Å². The first-order chi connectivity index (χ1) is 25.6. The molecule has 268 valence electrons. The van der Waals surface area contributed by atoms with Crippen LogP contribution in [0.4, 0.5) is 19.0 Å². The number of fused-ring (bicyclic) bond motifs is 3. The molecule has 11 rings (SSSR count). The number of halogens is 3. The second kappa shape index (κ2) is 11.5. The molecule has 2 aromatic carbocycles. The molecule has 2 atom stereocenters. The molecular formula is C39H31F3N6O4S. The Morgan fingerprint density at radius 3 is 2.62 bits per heavy atom. The Hall–Kier alpha value is -5.50. The summed E-state index contributed by atoms with van der Waals surface area (Å²) < 4.78 is 55.7. The van der Waals surface area contributed by atoms with Gasteiger partial charge in [0.2, 0.25) is 0 Å². The number of carbonyl (C=O) groups is 1. The van der Waals surface area contributed by atoms with Crippen molar-refractivity contribution in [2.75, 3.05) is 19.0 Å². The highest BCUT2D eigenvalue weighted by molar-refractivity contribution is 7.23. The third-order valence-electron chi connectivity index (χ3n) is 11.3. The van der Waals surface area contributed by atoms with E-state index in [1.807, 2.05) is 24.0 Å². The van der Waals surface area contributed by atoms with Gasteiger partial charge in [0, 0.05) is 34.7 Å². The number of pyridine rings is 2. The molecule has 2 bridgehead atoms. The summed E-state index contributed by atoms with van der Waals surface area (Å²) in [5.41, 5.74) is 4.95. The summed E-state index contributed by atoms with van der Waals surface area (Å²) in [5, 5.41) is 10.8. The minimum atomic E-state index is -1.37. The van der Waals surface area contributed by atoms with Gasteiger partial charge in [-0.3, -0.25) is 9.78 Å². The van der Waals surface area contributed by atoms with E-state index in [9.17, 15) is 18.4 Å². The number of rotatable bonds is 8. The molecule has 6 aromatic rings. The summed E-state index contributed by atoms with van der Waals surface area (Å²) in [6, 6.07) is 12.2. The second-order valence-electron chi connectivity index (χ2n) is 14.4. The number of benzene rings is 2. The fourth-order valence-corrected chi connectivity index (χ4v) is 10.2. The van der Waals surface area contributed by atoms with Crippen LogP contribution in [-0.2, 0) is 24.8 Å². The van der Waals surface area contributed by atoms with E-state index in [4.69, 9.17) is 19.1 Å². The number of methoxy groups -OCH3 is 1. The van der Waals surface area contributed by atoms with Gasteiger partial charge in [-0.25, -0.2) is 28.0 Å². The number of anilines is 1. The van der Waals surface area contributed by atoms with E-state index in [0.29, 0.717) is 75.2 Å². The Morgan fingerprint density at radius 2 is 1.87 bits per heavy atom. The van der Waals surface area contributed by atoms with E-state index in [1.54, 1.807) is 18.2 Å². The molecule has 2 saturated heterocycles. The van der Waals surface area contributed by atoms with Crippen molar-refractivity contribution in [2.45, 2.75) is 56.8 Å². The molecule has 1 amide bonds. The molecule has 2 aliphatic carbocycles. The zero-order chi connectivity index (χ0) is 36.3. The summed E-state index contributed by atoms with van der Waals surface area (Å²) in [5.74, 6) is -0.837. The largest absolute Gasteiger partial charge is 0.493 e. The summed E-state index contributed by atoms with van der Waals surface area (Å²) >= 11 is 1.38. The molecule has 3 aliphatic heterocycles. The number of H-pyrrole nitrogens is 1. The Balaban J connectivity index is 1.16. The van der Waals surface area contributed by atoms with Crippen molar-refractivity contribution in [2.24, 2.45) is 5.92 Å². The monoisotopic (exact) mass is 736 g/mol. The van der Waals surface area contributed by atoms with Gasteiger partial charge in [-0.05, 0) is 85.4 Å². The third kappa shape index (κ3) is 4.73. The molecule has 0 unspecified atom stereocenters. The molecule has 5 aliphatic rings. The fourth-order valence-electron chi connectivity index (χ4n) is 9.06. The molecule has 7 heterocycles. The van der Waals surface area contributed by atoms with Gasteiger partial charge < -0.3 is 19.4 Å². The summed E-state index contributed by atoms with van der Waals surface area (Å²) in [4.78, 5) is 39.5. The summed E-state index contributed by atoms with van der Waals surface area (Å²) in [6.45, 7) is 2.50. The number of alkyl halides is 1. The zero-order valence-electron chi connectivity index (χ0n) is 28.6. The van der Waals surface area contributed by atoms with Crippen LogP contribution in [-0.4, -0.2) is 50.8 Å². The van der Waals surface area contributed by atoms with E-state index in [2.05, 4.69) is 15.5 Å². The Bertz CT molecular complexity index is 2580. The number of aromatic amines is 1. The molecule has 53 heavy (non-hydrogen) atoms. The maximum absolute atomic E-state index is 15.8. The van der Waals surface area contributed by atoms with Gasteiger partial charge >= 0.3 is 5.76 Å². The van der Waals surface area contributed by atoms with Gasteiger partial charge in [-0.1, -0.05) is 18.2 Å². The Kier molecular flexibility index (Phi) is 6.98. The van der Waals surface area contributed by atoms with E-state index >= 15 is 4.39 Å². The predicted octanol–water partition coefficient (Wildman–Crippen LogP) is 7.20. The molecule has 2 N–H and O–H groups in total. The molecule has 1 saturated carbocycles. The third-order valence-corrected chi connectivity index (χ3v) is 12.5. The highest BCUT2D eigenvalue weighted by atomic mass is 32.1. The highest BCUT2D eigenvalue weighted by Crippen LogP contribution is 2.63. The van der Waals surface area contributed by atoms with Crippen molar-refractivity contribution in [1.29, 1.82) is 0 Å². The van der Waals surface area contributed by atoms with E-state index in [1.165, 1.54) is 36.6 Å². The maximum Gasteiger partial charge on any atom is 0.434 e. The molecule has 14 heteroatoms. The number of hydrogen-bond acceptors (Lipinski definition) is 9. The Labute approximate surface area is 304 Å². The van der Waals surface area contributed by atoms with Gasteiger partial charge in [0.1, 0.15) is 17.8 Å². The van der Waals surface area contributed by atoms with Crippen molar-refractivity contribution in [1.82, 2.24) is 25.1 Å². The van der Waals surface area contributed by atoms with Gasteiger partial charge in [0.25, 0.3) is 11.8 Å². The van der Waals surface area contributed by atoms with E-state index < -0.39 is 29.3 Å². The maximum atomic E-state index is 15.8. The number of nitrogens with zero attached hydrogens (tertiary/aromatic N) is 4. The van der Waals surface area contributed by atoms with Crippen molar-refractivity contribution < 1.29 is 27.1 Å². The van der Waals surface area contributed by atoms with Crippen molar-refractivity contribution >= 4 is 33.1 Å². The number of thiophene rings is 1. The Morgan fingerprint density at radius 1 is 1.06 bits per heavy atom. The van der Waals surface area contributed by atoms with Crippen LogP contribution < -0.4 is 15.8 Å². The van der Waals surface area contributed by atoms with Crippen molar-refractivity contribution in [3.63, 3.8) is 0 Å². The summed E-state index contributed by atoms with van der Waals surface area (Å²) in [7, 11) is 1.37. The number of aryl methyl sites for hydroxylation is 3. The molecule has 1 spiro atoms. The van der Waals surface area contributed by atoms with Gasteiger partial charge in [0.05, 0.1) is 45.9 Å². The van der Waals surface area contributed by atoms with Crippen LogP contribution in [0, 0.1) is 24.5 Å².